The molecule has 0 unspecified atom stereocenters. The van der Waals surface area contributed by atoms with Gasteiger partial charge in [0.1, 0.15) is 0 Å². The molecule has 1 rings (SSSR count). The Kier molecular flexibility index (Phi) is 9.46. The van der Waals surface area contributed by atoms with Crippen LogP contribution in [0.3, 0.4) is 0 Å². The van der Waals surface area contributed by atoms with Crippen molar-refractivity contribution in [2.24, 2.45) is 5.41 Å². The molecule has 0 aromatic carbocycles. The first-order valence-electron chi connectivity index (χ1n) is 6.06. The van der Waals surface area contributed by atoms with Gasteiger partial charge in [-0.05, 0) is 17.4 Å². The second-order valence-electron chi connectivity index (χ2n) is 4.11. The van der Waals surface area contributed by atoms with Crippen molar-refractivity contribution in [3.63, 3.8) is 0 Å². The Morgan fingerprint density at radius 2 is 1.47 bits per heavy atom. The van der Waals surface area contributed by atoms with E-state index in [1.165, 1.54) is 11.1 Å². The van der Waals surface area contributed by atoms with Gasteiger partial charge in [-0.25, -0.2) is 0 Å². The van der Waals surface area contributed by atoms with Crippen LogP contribution in [0.15, 0.2) is 36.0 Å². The van der Waals surface area contributed by atoms with E-state index >= 15 is 0 Å². The molecule has 0 N–H and O–H groups in total. The van der Waals surface area contributed by atoms with Crippen LogP contribution >= 0.6 is 0 Å². The normalized spacial score (nSPS) is 14.3. The molecule has 15 heavy (non-hydrogen) atoms. The lowest BCUT2D eigenvalue weighted by atomic mass is 9.83. The zero-order valence-electron chi connectivity index (χ0n) is 11.6. The van der Waals surface area contributed by atoms with E-state index in [9.17, 15) is 0 Å². The van der Waals surface area contributed by atoms with E-state index < -0.39 is 0 Å². The monoisotopic (exact) mass is 208 g/mol. The molecule has 0 aromatic rings. The highest BCUT2D eigenvalue weighted by Gasteiger charge is 2.15. The summed E-state index contributed by atoms with van der Waals surface area (Å²) in [6, 6.07) is 0. The molecule has 88 valence electrons. The SMILES string of the molecule is C=C1C=CC(C(C)(C)C)=CC1.CC.CC. The summed E-state index contributed by atoms with van der Waals surface area (Å²) in [7, 11) is 0. The fourth-order valence-corrected chi connectivity index (χ4v) is 1.14. The van der Waals surface area contributed by atoms with Gasteiger partial charge in [0.05, 0.1) is 0 Å². The zero-order chi connectivity index (χ0) is 12.5. The van der Waals surface area contributed by atoms with E-state index in [1.807, 2.05) is 27.7 Å². The molecule has 0 spiro atoms. The Morgan fingerprint density at radius 3 is 1.73 bits per heavy atom. The van der Waals surface area contributed by atoms with E-state index in [-0.39, 0.29) is 5.41 Å². The van der Waals surface area contributed by atoms with Gasteiger partial charge in [-0.3, -0.25) is 0 Å². The van der Waals surface area contributed by atoms with Gasteiger partial charge < -0.3 is 0 Å². The number of hydrogen-bond donors (Lipinski definition) is 0. The van der Waals surface area contributed by atoms with Crippen LogP contribution in [0.2, 0.25) is 0 Å². The summed E-state index contributed by atoms with van der Waals surface area (Å²) < 4.78 is 0. The topological polar surface area (TPSA) is 0 Å². The van der Waals surface area contributed by atoms with E-state index in [0.717, 1.165) is 6.42 Å². The molecule has 0 nitrogen and oxygen atoms in total. The first kappa shape index (κ1) is 16.6. The van der Waals surface area contributed by atoms with Crippen LogP contribution in [0.25, 0.3) is 0 Å². The minimum atomic E-state index is 0.289. The van der Waals surface area contributed by atoms with Crippen LogP contribution in [0, 0.1) is 5.41 Å². The second kappa shape index (κ2) is 8.52. The molecule has 0 heterocycles. The number of allylic oxidation sites excluding steroid dienone is 5. The first-order chi connectivity index (χ1) is 7.00. The highest BCUT2D eigenvalue weighted by Crippen LogP contribution is 2.29. The molecular formula is C15H28. The van der Waals surface area contributed by atoms with Crippen LogP contribution in [0.4, 0.5) is 0 Å². The lowest BCUT2D eigenvalue weighted by molar-refractivity contribution is 0.514. The van der Waals surface area contributed by atoms with E-state index in [0.29, 0.717) is 0 Å². The van der Waals surface area contributed by atoms with Gasteiger partial charge in [0.2, 0.25) is 0 Å². The molecule has 0 aliphatic heterocycles. The average Bonchev–Trinajstić information content (AvgIpc) is 2.23. The Hall–Kier alpha value is -0.780. The lowest BCUT2D eigenvalue weighted by Crippen LogP contribution is -2.08. The number of hydrogen-bond acceptors (Lipinski definition) is 0. The van der Waals surface area contributed by atoms with Crippen molar-refractivity contribution in [3.05, 3.63) is 36.0 Å². The maximum absolute atomic E-state index is 3.90. The maximum Gasteiger partial charge on any atom is -0.00973 e. The van der Waals surface area contributed by atoms with Crippen LogP contribution < -0.4 is 0 Å². The van der Waals surface area contributed by atoms with Crippen LogP contribution in [-0.4, -0.2) is 0 Å². The van der Waals surface area contributed by atoms with Gasteiger partial charge in [0, 0.05) is 0 Å². The molecule has 0 atom stereocenters. The van der Waals surface area contributed by atoms with Gasteiger partial charge >= 0.3 is 0 Å². The third-order valence-corrected chi connectivity index (χ3v) is 1.95. The molecule has 0 saturated carbocycles. The summed E-state index contributed by atoms with van der Waals surface area (Å²) in [5.41, 5.74) is 2.92. The van der Waals surface area contributed by atoms with Gasteiger partial charge in [0.25, 0.3) is 0 Å². The molecule has 0 saturated heterocycles. The minimum Gasteiger partial charge on any atom is -0.0955 e. The molecule has 0 fully saturated rings. The Balaban J connectivity index is 0. The van der Waals surface area contributed by atoms with Gasteiger partial charge in [-0.2, -0.15) is 0 Å². The first-order valence-corrected chi connectivity index (χ1v) is 6.06. The van der Waals surface area contributed by atoms with Crippen molar-refractivity contribution < 1.29 is 0 Å². The summed E-state index contributed by atoms with van der Waals surface area (Å²) in [5.74, 6) is 0. The summed E-state index contributed by atoms with van der Waals surface area (Å²) in [6.07, 6.45) is 7.57. The van der Waals surface area contributed by atoms with E-state index in [2.05, 4.69) is 45.6 Å². The van der Waals surface area contributed by atoms with Crippen LogP contribution in [-0.2, 0) is 0 Å². The average molecular weight is 208 g/mol. The van der Waals surface area contributed by atoms with Gasteiger partial charge in [-0.15, -0.1) is 0 Å². The Bertz CT molecular complexity index is 221. The summed E-state index contributed by atoms with van der Waals surface area (Å²) in [5, 5.41) is 0. The summed E-state index contributed by atoms with van der Waals surface area (Å²) in [6.45, 7) is 18.6. The second-order valence-corrected chi connectivity index (χ2v) is 4.11. The molecule has 0 aromatic heterocycles. The van der Waals surface area contributed by atoms with Crippen LogP contribution in [0.1, 0.15) is 54.9 Å². The Labute approximate surface area is 96.8 Å². The highest BCUT2D eigenvalue weighted by atomic mass is 14.2. The van der Waals surface area contributed by atoms with Crippen molar-refractivity contribution in [3.8, 4) is 0 Å². The summed E-state index contributed by atoms with van der Waals surface area (Å²) >= 11 is 0. The molecule has 0 radical (unpaired) electrons. The van der Waals surface area contributed by atoms with Gasteiger partial charge in [-0.1, -0.05) is 78.8 Å². The lowest BCUT2D eigenvalue weighted by Gasteiger charge is -2.22. The quantitative estimate of drug-likeness (QED) is 0.491. The van der Waals surface area contributed by atoms with Crippen LogP contribution in [0.5, 0.6) is 0 Å². The van der Waals surface area contributed by atoms with E-state index in [1.54, 1.807) is 0 Å². The molecule has 0 bridgehead atoms. The third kappa shape index (κ3) is 7.18. The van der Waals surface area contributed by atoms with Crippen molar-refractivity contribution in [2.75, 3.05) is 0 Å². The molecular weight excluding hydrogens is 180 g/mol. The zero-order valence-corrected chi connectivity index (χ0v) is 11.6. The smallest absolute Gasteiger partial charge is 0.00973 e. The van der Waals surface area contributed by atoms with E-state index in [4.69, 9.17) is 0 Å². The fourth-order valence-electron chi connectivity index (χ4n) is 1.14. The minimum absolute atomic E-state index is 0.289. The predicted octanol–water partition coefficient (Wildman–Crippen LogP) is 5.53. The summed E-state index contributed by atoms with van der Waals surface area (Å²) in [4.78, 5) is 0. The third-order valence-electron chi connectivity index (χ3n) is 1.95. The molecule has 1 aliphatic rings. The van der Waals surface area contributed by atoms with Crippen molar-refractivity contribution >= 4 is 0 Å². The van der Waals surface area contributed by atoms with Crippen molar-refractivity contribution in [1.82, 2.24) is 0 Å². The van der Waals surface area contributed by atoms with Gasteiger partial charge in [0.15, 0.2) is 0 Å². The largest absolute Gasteiger partial charge is 0.0955 e. The standard InChI is InChI=1S/C11H16.2C2H6/c1-9-5-7-10(8-6-9)11(2,3)4;2*1-2/h5,7-8H,1,6H2,2-4H3;2*1-2H3. The highest BCUT2D eigenvalue weighted by molar-refractivity contribution is 5.36. The number of rotatable bonds is 0. The van der Waals surface area contributed by atoms with Crippen molar-refractivity contribution in [2.45, 2.75) is 54.9 Å². The maximum atomic E-state index is 3.90. The predicted molar refractivity (Wildman–Crippen MR) is 73.1 cm³/mol. The fraction of sp³-hybridized carbons (Fsp3) is 0.600. The molecule has 1 aliphatic carbocycles. The molecule has 0 amide bonds. The van der Waals surface area contributed by atoms with Crippen molar-refractivity contribution in [1.29, 1.82) is 0 Å². The Morgan fingerprint density at radius 1 is 1.00 bits per heavy atom. The molecule has 0 heteroatoms.